The Bertz CT molecular complexity index is 1160. The molecule has 10 nitrogen and oxygen atoms in total. The second-order valence-corrected chi connectivity index (χ2v) is 11.6. The summed E-state index contributed by atoms with van der Waals surface area (Å²) < 4.78 is 33.1. The quantitative estimate of drug-likeness (QED) is 0.685. The van der Waals surface area contributed by atoms with E-state index >= 15 is 0 Å². The number of sulfonamides is 1. The summed E-state index contributed by atoms with van der Waals surface area (Å²) in [6.07, 6.45) is 9.91. The summed E-state index contributed by atoms with van der Waals surface area (Å²) in [5, 5.41) is 3.34. The van der Waals surface area contributed by atoms with Gasteiger partial charge in [-0.3, -0.25) is 14.7 Å². The molecule has 1 amide bonds. The molecule has 182 valence electrons. The average Bonchev–Trinajstić information content (AvgIpc) is 3.35. The molecule has 1 saturated heterocycles. The fraction of sp³-hybridized carbons (Fsp3) is 0.565. The molecule has 34 heavy (non-hydrogen) atoms. The molecule has 0 aromatic carbocycles. The van der Waals surface area contributed by atoms with E-state index < -0.39 is 15.6 Å². The van der Waals surface area contributed by atoms with Crippen LogP contribution >= 0.6 is 0 Å². The third kappa shape index (κ3) is 4.22. The maximum atomic E-state index is 13.2. The summed E-state index contributed by atoms with van der Waals surface area (Å²) in [5.74, 6) is 1.38. The van der Waals surface area contributed by atoms with Crippen molar-refractivity contribution in [3.63, 3.8) is 0 Å². The molecule has 5 rings (SSSR count). The van der Waals surface area contributed by atoms with Crippen molar-refractivity contribution in [3.8, 4) is 5.75 Å². The normalized spacial score (nSPS) is 21.8. The Morgan fingerprint density at radius 1 is 1.12 bits per heavy atom. The standard InChI is InChI=1S/C23H30N6O4S/c1-23(2)21(30)29(17-6-3-4-7-17)20-19(33-23)15-25-22(27-20)26-16-9-12-28(13-10-16)34(31,32)18-8-5-11-24-14-18/h5,8,11,14-17H,3-4,6-7,9-10,12-13H2,1-2H3,(H,25,26,27). The fourth-order valence-corrected chi connectivity index (χ4v) is 6.39. The number of nitrogens with zero attached hydrogens (tertiary/aromatic N) is 5. The van der Waals surface area contributed by atoms with Crippen LogP contribution in [-0.4, -0.2) is 64.4 Å². The number of carbonyl (C=O) groups is 1. The molecule has 1 N–H and O–H groups in total. The third-order valence-electron chi connectivity index (χ3n) is 6.81. The van der Waals surface area contributed by atoms with Crippen LogP contribution < -0.4 is 15.0 Å². The molecule has 0 atom stereocenters. The lowest BCUT2D eigenvalue weighted by atomic mass is 10.0. The van der Waals surface area contributed by atoms with Crippen LogP contribution in [0.15, 0.2) is 35.6 Å². The lowest BCUT2D eigenvalue weighted by molar-refractivity contribution is -0.133. The maximum absolute atomic E-state index is 13.2. The SMILES string of the molecule is CC1(C)Oc2cnc(NC3CCN(S(=O)(=O)c4cccnc4)CC3)nc2N(C2CCCC2)C1=O. The van der Waals surface area contributed by atoms with E-state index in [1.807, 2.05) is 4.90 Å². The van der Waals surface area contributed by atoms with Crippen LogP contribution in [-0.2, 0) is 14.8 Å². The van der Waals surface area contributed by atoms with E-state index in [9.17, 15) is 13.2 Å². The van der Waals surface area contributed by atoms with Gasteiger partial charge in [0.15, 0.2) is 17.2 Å². The summed E-state index contributed by atoms with van der Waals surface area (Å²) in [5.41, 5.74) is -0.958. The molecule has 2 fully saturated rings. The highest BCUT2D eigenvalue weighted by atomic mass is 32.2. The smallest absolute Gasteiger partial charge is 0.272 e. The molecule has 2 aromatic rings. The van der Waals surface area contributed by atoms with Crippen LogP contribution in [0.2, 0.25) is 0 Å². The molecule has 0 bridgehead atoms. The Kier molecular flexibility index (Phi) is 5.93. The van der Waals surface area contributed by atoms with Gasteiger partial charge in [-0.25, -0.2) is 13.4 Å². The number of ether oxygens (including phenoxy) is 1. The number of aromatic nitrogens is 3. The van der Waals surface area contributed by atoms with Crippen molar-refractivity contribution in [1.82, 2.24) is 19.3 Å². The number of anilines is 2. The van der Waals surface area contributed by atoms with Gasteiger partial charge in [0.1, 0.15) is 4.90 Å². The highest BCUT2D eigenvalue weighted by molar-refractivity contribution is 7.89. The van der Waals surface area contributed by atoms with E-state index in [4.69, 9.17) is 4.74 Å². The van der Waals surface area contributed by atoms with Gasteiger partial charge in [-0.15, -0.1) is 0 Å². The monoisotopic (exact) mass is 486 g/mol. The van der Waals surface area contributed by atoms with Crippen LogP contribution in [0.5, 0.6) is 5.75 Å². The van der Waals surface area contributed by atoms with Crippen molar-refractivity contribution < 1.29 is 17.9 Å². The Morgan fingerprint density at radius 3 is 2.53 bits per heavy atom. The summed E-state index contributed by atoms with van der Waals surface area (Å²) in [6, 6.07) is 3.33. The molecular weight excluding hydrogens is 456 g/mol. The van der Waals surface area contributed by atoms with E-state index in [0.717, 1.165) is 25.7 Å². The number of piperidine rings is 1. The zero-order valence-corrected chi connectivity index (χ0v) is 20.3. The van der Waals surface area contributed by atoms with Crippen molar-refractivity contribution in [2.24, 2.45) is 0 Å². The van der Waals surface area contributed by atoms with Crippen molar-refractivity contribution in [2.75, 3.05) is 23.3 Å². The number of amides is 1. The van der Waals surface area contributed by atoms with Gasteiger partial charge in [0.05, 0.1) is 6.20 Å². The van der Waals surface area contributed by atoms with Gasteiger partial charge in [0.2, 0.25) is 16.0 Å². The van der Waals surface area contributed by atoms with E-state index in [-0.39, 0.29) is 22.9 Å². The zero-order chi connectivity index (χ0) is 23.9. The topological polar surface area (TPSA) is 118 Å². The second-order valence-electron chi connectivity index (χ2n) is 9.62. The van der Waals surface area contributed by atoms with Crippen LogP contribution in [0, 0.1) is 0 Å². The molecule has 1 saturated carbocycles. The molecular formula is C23H30N6O4S. The van der Waals surface area contributed by atoms with Crippen molar-refractivity contribution in [3.05, 3.63) is 30.7 Å². The first kappa shape index (κ1) is 23.0. The fourth-order valence-electron chi connectivity index (χ4n) is 4.95. The van der Waals surface area contributed by atoms with Gasteiger partial charge in [-0.05, 0) is 51.7 Å². The average molecular weight is 487 g/mol. The lowest BCUT2D eigenvalue weighted by Crippen LogP contribution is -2.56. The minimum Gasteiger partial charge on any atom is -0.472 e. The second kappa shape index (κ2) is 8.77. The molecule has 0 unspecified atom stereocenters. The molecule has 0 radical (unpaired) electrons. The molecule has 2 aromatic heterocycles. The highest BCUT2D eigenvalue weighted by Crippen LogP contribution is 2.40. The molecule has 1 aliphatic carbocycles. The summed E-state index contributed by atoms with van der Waals surface area (Å²) in [6.45, 7) is 4.34. The first-order valence-corrected chi connectivity index (χ1v) is 13.3. The van der Waals surface area contributed by atoms with E-state index in [2.05, 4.69) is 20.3 Å². The minimum absolute atomic E-state index is 0.0231. The number of fused-ring (bicyclic) bond motifs is 1. The third-order valence-corrected chi connectivity index (χ3v) is 8.69. The van der Waals surface area contributed by atoms with Gasteiger partial charge in [-0.1, -0.05) is 12.8 Å². The van der Waals surface area contributed by atoms with E-state index in [1.54, 1.807) is 38.4 Å². The lowest BCUT2D eigenvalue weighted by Gasteiger charge is -2.40. The Morgan fingerprint density at radius 2 is 1.85 bits per heavy atom. The van der Waals surface area contributed by atoms with Gasteiger partial charge in [0.25, 0.3) is 5.91 Å². The van der Waals surface area contributed by atoms with Crippen molar-refractivity contribution in [2.45, 2.75) is 75.0 Å². The van der Waals surface area contributed by atoms with Crippen molar-refractivity contribution >= 4 is 27.7 Å². The Hall–Kier alpha value is -2.79. The number of hydrogen-bond donors (Lipinski definition) is 1. The van der Waals surface area contributed by atoms with Gasteiger partial charge >= 0.3 is 0 Å². The Labute approximate surface area is 199 Å². The Balaban J connectivity index is 1.30. The molecule has 4 heterocycles. The van der Waals surface area contributed by atoms with E-state index in [1.165, 1.54) is 10.5 Å². The predicted octanol–water partition coefficient (Wildman–Crippen LogP) is 2.58. The molecule has 11 heteroatoms. The van der Waals surface area contributed by atoms with Crippen LogP contribution in [0.1, 0.15) is 52.4 Å². The number of carbonyl (C=O) groups excluding carboxylic acids is 1. The highest BCUT2D eigenvalue weighted by Gasteiger charge is 2.45. The number of rotatable bonds is 5. The largest absolute Gasteiger partial charge is 0.472 e. The first-order valence-electron chi connectivity index (χ1n) is 11.8. The number of pyridine rings is 1. The van der Waals surface area contributed by atoms with Crippen LogP contribution in [0.3, 0.4) is 0 Å². The molecule has 3 aliphatic rings. The molecule has 2 aliphatic heterocycles. The van der Waals surface area contributed by atoms with Gasteiger partial charge < -0.3 is 10.1 Å². The van der Waals surface area contributed by atoms with Crippen LogP contribution in [0.25, 0.3) is 0 Å². The van der Waals surface area contributed by atoms with Gasteiger partial charge in [0, 0.05) is 37.6 Å². The number of nitrogens with one attached hydrogen (secondary N) is 1. The molecule has 0 spiro atoms. The summed E-state index contributed by atoms with van der Waals surface area (Å²) >= 11 is 0. The number of hydrogen-bond acceptors (Lipinski definition) is 8. The van der Waals surface area contributed by atoms with E-state index in [0.29, 0.717) is 43.4 Å². The predicted molar refractivity (Wildman–Crippen MR) is 126 cm³/mol. The zero-order valence-electron chi connectivity index (χ0n) is 19.5. The summed E-state index contributed by atoms with van der Waals surface area (Å²) in [7, 11) is -3.55. The van der Waals surface area contributed by atoms with Gasteiger partial charge in [-0.2, -0.15) is 9.29 Å². The first-order chi connectivity index (χ1) is 16.3. The van der Waals surface area contributed by atoms with Crippen molar-refractivity contribution in [1.29, 1.82) is 0 Å². The van der Waals surface area contributed by atoms with Crippen LogP contribution in [0.4, 0.5) is 11.8 Å². The minimum atomic E-state index is -3.55. The summed E-state index contributed by atoms with van der Waals surface area (Å²) in [4.78, 5) is 28.3. The maximum Gasteiger partial charge on any atom is 0.272 e.